The molecule has 0 radical (unpaired) electrons. The number of hydrogen-bond acceptors (Lipinski definition) is 3. The van der Waals surface area contributed by atoms with Crippen LogP contribution in [0, 0.1) is 0 Å². The van der Waals surface area contributed by atoms with Crippen molar-refractivity contribution in [3.8, 4) is 0 Å². The molecule has 0 fully saturated rings. The first-order valence-electron chi connectivity index (χ1n) is 5.42. The normalized spacial score (nSPS) is 14.2. The summed E-state index contributed by atoms with van der Waals surface area (Å²) in [5.74, 6) is 0. The maximum Gasteiger partial charge on any atom is 0.435 e. The van der Waals surface area contributed by atoms with Crippen LogP contribution in [0.3, 0.4) is 0 Å². The van der Waals surface area contributed by atoms with Crippen molar-refractivity contribution < 1.29 is 13.2 Å². The Balaban J connectivity index is 2.79. The molecule has 0 aliphatic rings. The fourth-order valence-corrected chi connectivity index (χ4v) is 1.84. The molecule has 0 bridgehead atoms. The highest BCUT2D eigenvalue weighted by atomic mass is 35.5. The summed E-state index contributed by atoms with van der Waals surface area (Å²) in [4.78, 5) is 1.93. The van der Waals surface area contributed by atoms with Crippen molar-refractivity contribution in [3.63, 3.8) is 0 Å². The first kappa shape index (κ1) is 15.3. The van der Waals surface area contributed by atoms with Crippen molar-refractivity contribution in [2.75, 3.05) is 27.2 Å². The van der Waals surface area contributed by atoms with E-state index in [9.17, 15) is 13.2 Å². The lowest BCUT2D eigenvalue weighted by molar-refractivity contribution is -0.142. The number of alkyl halides is 3. The lowest BCUT2D eigenvalue weighted by atomic mass is 10.1. The Morgan fingerprint density at radius 1 is 1.44 bits per heavy atom. The monoisotopic (exact) mass is 284 g/mol. The molecule has 1 heterocycles. The SMILES string of the molecule is CC(NCCN(C)C)c1c(C(F)(F)F)n[nH]c1Cl. The average molecular weight is 285 g/mol. The molecule has 104 valence electrons. The van der Waals surface area contributed by atoms with E-state index in [2.05, 4.69) is 15.5 Å². The highest BCUT2D eigenvalue weighted by molar-refractivity contribution is 6.30. The number of nitrogens with zero attached hydrogens (tertiary/aromatic N) is 2. The van der Waals surface area contributed by atoms with E-state index in [-0.39, 0.29) is 10.7 Å². The van der Waals surface area contributed by atoms with E-state index in [1.807, 2.05) is 19.0 Å². The minimum Gasteiger partial charge on any atom is -0.309 e. The van der Waals surface area contributed by atoms with Crippen molar-refractivity contribution in [2.45, 2.75) is 19.1 Å². The minimum absolute atomic E-state index is 0.0390. The van der Waals surface area contributed by atoms with Gasteiger partial charge >= 0.3 is 6.18 Å². The molecule has 0 aliphatic heterocycles. The Kier molecular flexibility index (Phi) is 5.01. The van der Waals surface area contributed by atoms with Gasteiger partial charge in [0.15, 0.2) is 5.69 Å². The zero-order valence-electron chi connectivity index (χ0n) is 10.4. The van der Waals surface area contributed by atoms with E-state index >= 15 is 0 Å². The topological polar surface area (TPSA) is 44.0 Å². The van der Waals surface area contributed by atoms with Gasteiger partial charge in [-0.1, -0.05) is 11.6 Å². The largest absolute Gasteiger partial charge is 0.435 e. The second-order valence-corrected chi connectivity index (χ2v) is 4.65. The molecule has 8 heteroatoms. The maximum atomic E-state index is 12.7. The third-order valence-electron chi connectivity index (χ3n) is 2.47. The number of hydrogen-bond donors (Lipinski definition) is 2. The zero-order valence-corrected chi connectivity index (χ0v) is 11.2. The van der Waals surface area contributed by atoms with Crippen molar-refractivity contribution in [1.29, 1.82) is 0 Å². The van der Waals surface area contributed by atoms with Crippen LogP contribution in [-0.2, 0) is 6.18 Å². The quantitative estimate of drug-likeness (QED) is 0.872. The Labute approximate surface area is 108 Å². The molecule has 1 aromatic rings. The highest BCUT2D eigenvalue weighted by Crippen LogP contribution is 2.36. The molecule has 0 amide bonds. The average Bonchev–Trinajstić information content (AvgIpc) is 2.58. The predicted molar refractivity (Wildman–Crippen MR) is 63.6 cm³/mol. The summed E-state index contributed by atoms with van der Waals surface area (Å²) in [6.07, 6.45) is -4.50. The molecule has 18 heavy (non-hydrogen) atoms. The molecule has 0 spiro atoms. The summed E-state index contributed by atoms with van der Waals surface area (Å²) in [6.45, 7) is 2.91. The van der Waals surface area contributed by atoms with Gasteiger partial charge in [-0.15, -0.1) is 0 Å². The molecule has 0 saturated carbocycles. The number of likely N-dealkylation sites (N-methyl/N-ethyl adjacent to an activating group) is 1. The highest BCUT2D eigenvalue weighted by Gasteiger charge is 2.39. The van der Waals surface area contributed by atoms with Gasteiger partial charge in [0.05, 0.1) is 0 Å². The summed E-state index contributed by atoms with van der Waals surface area (Å²) in [7, 11) is 3.77. The van der Waals surface area contributed by atoms with Crippen LogP contribution in [0.15, 0.2) is 0 Å². The smallest absolute Gasteiger partial charge is 0.309 e. The minimum atomic E-state index is -4.50. The molecule has 4 nitrogen and oxygen atoms in total. The van der Waals surface area contributed by atoms with E-state index < -0.39 is 17.9 Å². The third-order valence-corrected chi connectivity index (χ3v) is 2.76. The first-order chi connectivity index (χ1) is 8.23. The maximum absolute atomic E-state index is 12.7. The molecular weight excluding hydrogens is 269 g/mol. The van der Waals surface area contributed by atoms with E-state index in [4.69, 9.17) is 11.6 Å². The Hall–Kier alpha value is -0.790. The van der Waals surface area contributed by atoms with Crippen LogP contribution < -0.4 is 5.32 Å². The van der Waals surface area contributed by atoms with Gasteiger partial charge in [-0.05, 0) is 21.0 Å². The summed E-state index contributed by atoms with van der Waals surface area (Å²) in [5.41, 5.74) is -1.000. The van der Waals surface area contributed by atoms with Gasteiger partial charge in [0.1, 0.15) is 5.15 Å². The number of halogens is 4. The van der Waals surface area contributed by atoms with Crippen LogP contribution in [0.4, 0.5) is 13.2 Å². The van der Waals surface area contributed by atoms with Gasteiger partial charge in [-0.3, -0.25) is 5.10 Å². The Bertz CT molecular complexity index is 389. The first-order valence-corrected chi connectivity index (χ1v) is 5.80. The van der Waals surface area contributed by atoms with Gasteiger partial charge in [0.25, 0.3) is 0 Å². The summed E-state index contributed by atoms with van der Waals surface area (Å²) >= 11 is 5.72. The van der Waals surface area contributed by atoms with Gasteiger partial charge < -0.3 is 10.2 Å². The fraction of sp³-hybridized carbons (Fsp3) is 0.700. The van der Waals surface area contributed by atoms with E-state index in [0.29, 0.717) is 6.54 Å². The van der Waals surface area contributed by atoms with Gasteiger partial charge in [0.2, 0.25) is 0 Å². The molecule has 2 N–H and O–H groups in total. The summed E-state index contributed by atoms with van der Waals surface area (Å²) in [5, 5.41) is 8.29. The van der Waals surface area contributed by atoms with Crippen LogP contribution in [0.25, 0.3) is 0 Å². The standard InChI is InChI=1S/C10H16ClF3N4/c1-6(15-4-5-18(2)3)7-8(10(12,13)14)16-17-9(7)11/h6,15H,4-5H2,1-3H3,(H,16,17). The Morgan fingerprint density at radius 2 is 2.06 bits per heavy atom. The predicted octanol–water partition coefficient (Wildman–Crippen LogP) is 2.29. The fourth-order valence-electron chi connectivity index (χ4n) is 1.55. The van der Waals surface area contributed by atoms with E-state index in [1.54, 1.807) is 6.92 Å². The van der Waals surface area contributed by atoms with Crippen LogP contribution in [0.1, 0.15) is 24.2 Å². The molecular formula is C10H16ClF3N4. The lowest BCUT2D eigenvalue weighted by Gasteiger charge is -2.17. The molecule has 0 aliphatic carbocycles. The number of nitrogens with one attached hydrogen (secondary N) is 2. The van der Waals surface area contributed by atoms with Gasteiger partial charge in [0, 0.05) is 24.7 Å². The van der Waals surface area contributed by atoms with Gasteiger partial charge in [-0.25, -0.2) is 0 Å². The van der Waals surface area contributed by atoms with Crippen molar-refractivity contribution in [1.82, 2.24) is 20.4 Å². The summed E-state index contributed by atoms with van der Waals surface area (Å²) in [6, 6.07) is -0.521. The molecule has 1 atom stereocenters. The van der Waals surface area contributed by atoms with E-state index in [0.717, 1.165) is 6.54 Å². The molecule has 0 aromatic carbocycles. The van der Waals surface area contributed by atoms with Crippen LogP contribution >= 0.6 is 11.6 Å². The molecule has 1 aromatic heterocycles. The molecule has 1 rings (SSSR count). The van der Waals surface area contributed by atoms with Crippen molar-refractivity contribution in [2.24, 2.45) is 0 Å². The van der Waals surface area contributed by atoms with Gasteiger partial charge in [-0.2, -0.15) is 18.3 Å². The molecule has 0 saturated heterocycles. The summed E-state index contributed by atoms with van der Waals surface area (Å²) < 4.78 is 38.1. The second-order valence-electron chi connectivity index (χ2n) is 4.28. The van der Waals surface area contributed by atoms with Crippen LogP contribution in [-0.4, -0.2) is 42.3 Å². The number of aromatic amines is 1. The number of H-pyrrole nitrogens is 1. The van der Waals surface area contributed by atoms with Crippen LogP contribution in [0.5, 0.6) is 0 Å². The number of aromatic nitrogens is 2. The second kappa shape index (κ2) is 5.90. The zero-order chi connectivity index (χ0) is 13.9. The molecule has 1 unspecified atom stereocenters. The van der Waals surface area contributed by atoms with E-state index in [1.165, 1.54) is 0 Å². The van der Waals surface area contributed by atoms with Crippen LogP contribution in [0.2, 0.25) is 5.15 Å². The number of rotatable bonds is 5. The lowest BCUT2D eigenvalue weighted by Crippen LogP contribution is -2.29. The van der Waals surface area contributed by atoms with Crippen molar-refractivity contribution >= 4 is 11.6 Å². The Morgan fingerprint density at radius 3 is 2.56 bits per heavy atom. The van der Waals surface area contributed by atoms with Crippen molar-refractivity contribution in [3.05, 3.63) is 16.4 Å². The third kappa shape index (κ3) is 3.86.